The Morgan fingerprint density at radius 1 is 1.75 bits per heavy atom. The van der Waals surface area contributed by atoms with Gasteiger partial charge in [0.2, 0.25) is 0 Å². The number of hydroxylamine groups is 1. The number of rotatable bonds is 0. The predicted octanol–water partition coefficient (Wildman–Crippen LogP) is -0.117. The van der Waals surface area contributed by atoms with E-state index in [0.717, 1.165) is 0 Å². The van der Waals surface area contributed by atoms with Crippen LogP contribution in [0.1, 0.15) is 6.92 Å². The summed E-state index contributed by atoms with van der Waals surface area (Å²) in [6.45, 7) is 1.62. The second-order valence-electron chi connectivity index (χ2n) is 1.39. The Bertz CT molecular complexity index is 140. The van der Waals surface area contributed by atoms with E-state index in [1.165, 1.54) is 6.08 Å². The molecule has 0 aromatic rings. The van der Waals surface area contributed by atoms with Crippen molar-refractivity contribution in [2.45, 2.75) is 6.92 Å². The molecule has 1 N–H and O–H groups in total. The molecule has 0 radical (unpaired) electrons. The molecule has 1 rings (SSSR count). The molecule has 0 atom stereocenters. The molecule has 0 saturated carbocycles. The molecule has 4 nitrogen and oxygen atoms in total. The van der Waals surface area contributed by atoms with Crippen LogP contribution in [0, 0.1) is 0 Å². The first-order chi connectivity index (χ1) is 3.79. The first-order valence-electron chi connectivity index (χ1n) is 2.11. The van der Waals surface area contributed by atoms with E-state index in [1.807, 2.05) is 5.48 Å². The fraction of sp³-hybridized carbons (Fsp3) is 0.250. The molecule has 0 spiro atoms. The molecule has 1 heterocycles. The molecule has 0 unspecified atom stereocenters. The molecular weight excluding hydrogens is 110 g/mol. The first kappa shape index (κ1) is 5.11. The molecule has 8 heavy (non-hydrogen) atoms. The molecule has 4 heteroatoms. The number of hydrogen-bond acceptors (Lipinski definition) is 3. The van der Waals surface area contributed by atoms with Gasteiger partial charge in [0.05, 0.1) is 0 Å². The van der Waals surface area contributed by atoms with Gasteiger partial charge in [-0.3, -0.25) is 4.79 Å². The van der Waals surface area contributed by atoms with Gasteiger partial charge in [0.25, 0.3) is 5.91 Å². The van der Waals surface area contributed by atoms with Gasteiger partial charge in [-0.15, -0.1) is 0 Å². The van der Waals surface area contributed by atoms with Crippen molar-refractivity contribution in [3.63, 3.8) is 0 Å². The second kappa shape index (κ2) is 1.83. The third-order valence-corrected chi connectivity index (χ3v) is 0.650. The van der Waals surface area contributed by atoms with Gasteiger partial charge >= 0.3 is 0 Å². The summed E-state index contributed by atoms with van der Waals surface area (Å²) >= 11 is 0. The molecule has 0 saturated heterocycles. The summed E-state index contributed by atoms with van der Waals surface area (Å²) in [6.07, 6.45) is 1.30. The smallest absolute Gasteiger partial charge is 0.274 e. The van der Waals surface area contributed by atoms with Gasteiger partial charge in [0, 0.05) is 6.08 Å². The van der Waals surface area contributed by atoms with E-state index in [0.29, 0.717) is 5.76 Å². The van der Waals surface area contributed by atoms with Gasteiger partial charge in [0.15, 0.2) is 0 Å². The van der Waals surface area contributed by atoms with Crippen molar-refractivity contribution in [1.82, 2.24) is 5.48 Å². The fourth-order valence-electron chi connectivity index (χ4n) is 0.366. The molecule has 0 fully saturated rings. The Balaban J connectivity index is 2.64. The van der Waals surface area contributed by atoms with Crippen LogP contribution in [-0.4, -0.2) is 5.91 Å². The number of carbonyl (C=O) groups is 1. The maximum Gasteiger partial charge on any atom is 0.274 e. The zero-order valence-corrected chi connectivity index (χ0v) is 4.30. The minimum atomic E-state index is -0.297. The zero-order chi connectivity index (χ0) is 5.98. The van der Waals surface area contributed by atoms with Crippen LogP contribution < -0.4 is 5.48 Å². The normalized spacial score (nSPS) is 18.6. The largest absolute Gasteiger partial charge is 0.319 e. The number of amides is 1. The molecule has 0 aliphatic carbocycles. The molecule has 0 aromatic heterocycles. The lowest BCUT2D eigenvalue weighted by atomic mass is 10.5. The van der Waals surface area contributed by atoms with Gasteiger partial charge < -0.3 is 4.89 Å². The van der Waals surface area contributed by atoms with E-state index in [9.17, 15) is 4.79 Å². The van der Waals surface area contributed by atoms with Crippen LogP contribution in [0.4, 0.5) is 0 Å². The van der Waals surface area contributed by atoms with Gasteiger partial charge in [-0.2, -0.15) is 5.48 Å². The molecule has 1 aliphatic rings. The van der Waals surface area contributed by atoms with Crippen molar-refractivity contribution >= 4 is 5.91 Å². The van der Waals surface area contributed by atoms with E-state index in [4.69, 9.17) is 0 Å². The summed E-state index contributed by atoms with van der Waals surface area (Å²) in [5.74, 6) is 0.155. The van der Waals surface area contributed by atoms with Crippen LogP contribution >= 0.6 is 0 Å². The fourth-order valence-corrected chi connectivity index (χ4v) is 0.366. The topological polar surface area (TPSA) is 47.6 Å². The maximum absolute atomic E-state index is 10.3. The third-order valence-electron chi connectivity index (χ3n) is 0.650. The summed E-state index contributed by atoms with van der Waals surface area (Å²) in [5, 5.41) is 0. The Kier molecular flexibility index (Phi) is 1.17. The number of allylic oxidation sites excluding steroid dienone is 1. The third kappa shape index (κ3) is 0.974. The number of hydrogen-bond donors (Lipinski definition) is 1. The SMILES string of the molecule is CC1=CC(=O)NOO1. The van der Waals surface area contributed by atoms with Crippen LogP contribution in [0.5, 0.6) is 0 Å². The Morgan fingerprint density at radius 2 is 2.50 bits per heavy atom. The summed E-state index contributed by atoms with van der Waals surface area (Å²) in [7, 11) is 0. The highest BCUT2D eigenvalue weighted by molar-refractivity contribution is 5.87. The lowest BCUT2D eigenvalue weighted by Crippen LogP contribution is -2.25. The first-order valence-corrected chi connectivity index (χ1v) is 2.11. The zero-order valence-electron chi connectivity index (χ0n) is 4.30. The summed E-state index contributed by atoms with van der Waals surface area (Å²) in [6, 6.07) is 0. The Morgan fingerprint density at radius 3 is 2.88 bits per heavy atom. The van der Waals surface area contributed by atoms with E-state index in [2.05, 4.69) is 9.88 Å². The second-order valence-corrected chi connectivity index (χ2v) is 1.39. The average molecular weight is 115 g/mol. The lowest BCUT2D eigenvalue weighted by molar-refractivity contribution is -0.304. The quantitative estimate of drug-likeness (QED) is 0.448. The number of carbonyl (C=O) groups excluding carboxylic acids is 1. The molecule has 0 aromatic carbocycles. The molecule has 0 bridgehead atoms. The molecular formula is C4H5NO3. The van der Waals surface area contributed by atoms with Gasteiger partial charge in [-0.05, 0) is 6.92 Å². The van der Waals surface area contributed by atoms with Crippen molar-refractivity contribution in [2.75, 3.05) is 0 Å². The minimum absolute atomic E-state index is 0.297. The molecule has 44 valence electrons. The monoisotopic (exact) mass is 115 g/mol. The van der Waals surface area contributed by atoms with Crippen LogP contribution in [0.2, 0.25) is 0 Å². The minimum Gasteiger partial charge on any atom is -0.319 e. The Labute approximate surface area is 46.0 Å². The standard InChI is InChI=1S/C4H5NO3/c1-3-2-4(6)5-8-7-3/h2H,1H3,(H,5,6). The van der Waals surface area contributed by atoms with Crippen LogP contribution in [0.15, 0.2) is 11.8 Å². The maximum atomic E-state index is 10.3. The predicted molar refractivity (Wildman–Crippen MR) is 24.1 cm³/mol. The van der Waals surface area contributed by atoms with Crippen molar-refractivity contribution in [3.05, 3.63) is 11.8 Å². The Hall–Kier alpha value is -1.03. The summed E-state index contributed by atoms with van der Waals surface area (Å²) in [5.41, 5.74) is 1.97. The van der Waals surface area contributed by atoms with Crippen molar-refractivity contribution in [3.8, 4) is 0 Å². The van der Waals surface area contributed by atoms with Crippen LogP contribution in [-0.2, 0) is 14.7 Å². The van der Waals surface area contributed by atoms with Crippen LogP contribution in [0.25, 0.3) is 0 Å². The van der Waals surface area contributed by atoms with Crippen LogP contribution in [0.3, 0.4) is 0 Å². The highest BCUT2D eigenvalue weighted by Crippen LogP contribution is 1.98. The van der Waals surface area contributed by atoms with Crippen molar-refractivity contribution in [1.29, 1.82) is 0 Å². The van der Waals surface area contributed by atoms with Gasteiger partial charge in [-0.1, -0.05) is 4.99 Å². The van der Waals surface area contributed by atoms with E-state index in [-0.39, 0.29) is 5.91 Å². The van der Waals surface area contributed by atoms with Gasteiger partial charge in [0.1, 0.15) is 5.76 Å². The van der Waals surface area contributed by atoms with Gasteiger partial charge in [-0.25, -0.2) is 0 Å². The highest BCUT2D eigenvalue weighted by Gasteiger charge is 2.05. The van der Waals surface area contributed by atoms with E-state index in [1.54, 1.807) is 6.92 Å². The molecule has 1 amide bonds. The van der Waals surface area contributed by atoms with Crippen molar-refractivity contribution in [2.24, 2.45) is 0 Å². The van der Waals surface area contributed by atoms with Crippen molar-refractivity contribution < 1.29 is 14.7 Å². The molecule has 1 aliphatic heterocycles. The van der Waals surface area contributed by atoms with E-state index < -0.39 is 0 Å². The summed E-state index contributed by atoms with van der Waals surface area (Å²) < 4.78 is 0. The van der Waals surface area contributed by atoms with E-state index >= 15 is 0 Å². The number of nitrogens with one attached hydrogen (secondary N) is 1. The average Bonchev–Trinajstić information content (AvgIpc) is 1.64. The highest BCUT2D eigenvalue weighted by atomic mass is 17.3. The lowest BCUT2D eigenvalue weighted by Gasteiger charge is -2.07. The summed E-state index contributed by atoms with van der Waals surface area (Å²) in [4.78, 5) is 18.8.